The molecule has 2 saturated heterocycles. The maximum absolute atomic E-state index is 13.0. The van der Waals surface area contributed by atoms with Crippen molar-refractivity contribution in [1.82, 2.24) is 20.3 Å². The van der Waals surface area contributed by atoms with Gasteiger partial charge in [-0.25, -0.2) is 4.79 Å². The number of likely N-dealkylation sites (tertiary alicyclic amines) is 2. The molecule has 0 saturated carbocycles. The number of aliphatic carboxylic acids is 1. The fraction of sp³-hybridized carbons (Fsp3) is 0.731. The third-order valence-electron chi connectivity index (χ3n) is 6.86. The van der Waals surface area contributed by atoms with Crippen LogP contribution in [-0.2, 0) is 19.1 Å². The molecule has 0 aliphatic carbocycles. The van der Waals surface area contributed by atoms with Gasteiger partial charge in [-0.3, -0.25) is 14.4 Å². The van der Waals surface area contributed by atoms with Crippen molar-refractivity contribution in [3.05, 3.63) is 17.5 Å². The summed E-state index contributed by atoms with van der Waals surface area (Å²) in [5, 5.41) is 15.8. The van der Waals surface area contributed by atoms with E-state index < -0.39 is 23.5 Å². The molecule has 11 nitrogen and oxygen atoms in total. The third-order valence-corrected chi connectivity index (χ3v) is 6.86. The van der Waals surface area contributed by atoms with E-state index in [9.17, 15) is 24.3 Å². The number of carbonyl (C=O) groups is 4. The Morgan fingerprint density at radius 2 is 1.86 bits per heavy atom. The molecule has 0 bridgehead atoms. The second-order valence-electron chi connectivity index (χ2n) is 11.2. The molecule has 2 atom stereocenters. The standard InChI is InChI=1S/C26H40N4O7/c1-17-14-21(37-28-17)20(15-23(32)33)27-24(34)19-6-5-11-30(16-19)22(31)8-7-18-9-12-29(13-10-18)25(35)36-26(2,3)4/h14,18-20H,5-13,15-16H2,1-4H3,(H,27,34)(H,32,33)/t19-,20?/m1/s1. The van der Waals surface area contributed by atoms with Crippen LogP contribution in [0.1, 0.15) is 83.2 Å². The fourth-order valence-electron chi connectivity index (χ4n) is 4.87. The molecule has 3 heterocycles. The van der Waals surface area contributed by atoms with Crippen molar-refractivity contribution in [3.63, 3.8) is 0 Å². The van der Waals surface area contributed by atoms with Crippen molar-refractivity contribution in [2.24, 2.45) is 11.8 Å². The van der Waals surface area contributed by atoms with Gasteiger partial charge in [0.05, 0.1) is 18.0 Å². The number of carbonyl (C=O) groups excluding carboxylic acids is 3. The highest BCUT2D eigenvalue weighted by molar-refractivity contribution is 5.82. The second-order valence-corrected chi connectivity index (χ2v) is 11.2. The highest BCUT2D eigenvalue weighted by Gasteiger charge is 2.32. The Bertz CT molecular complexity index is 962. The number of rotatable bonds is 8. The van der Waals surface area contributed by atoms with Gasteiger partial charge in [-0.15, -0.1) is 0 Å². The van der Waals surface area contributed by atoms with E-state index in [4.69, 9.17) is 9.26 Å². The molecule has 2 N–H and O–H groups in total. The molecule has 37 heavy (non-hydrogen) atoms. The Kier molecular flexibility index (Phi) is 9.56. The number of carboxylic acids is 1. The van der Waals surface area contributed by atoms with Crippen molar-refractivity contribution >= 4 is 23.9 Å². The van der Waals surface area contributed by atoms with Crippen LogP contribution < -0.4 is 5.32 Å². The summed E-state index contributed by atoms with van der Waals surface area (Å²) in [7, 11) is 0. The Morgan fingerprint density at radius 1 is 1.16 bits per heavy atom. The van der Waals surface area contributed by atoms with E-state index in [1.54, 1.807) is 22.8 Å². The number of hydrogen-bond donors (Lipinski definition) is 2. The number of nitrogens with zero attached hydrogens (tertiary/aromatic N) is 3. The van der Waals surface area contributed by atoms with Gasteiger partial charge in [0.1, 0.15) is 11.6 Å². The van der Waals surface area contributed by atoms with Crippen molar-refractivity contribution in [2.45, 2.75) is 84.3 Å². The van der Waals surface area contributed by atoms with Crippen LogP contribution in [0.4, 0.5) is 4.79 Å². The van der Waals surface area contributed by atoms with E-state index in [0.29, 0.717) is 62.8 Å². The van der Waals surface area contributed by atoms with Gasteiger partial charge in [0.15, 0.2) is 5.76 Å². The zero-order valence-corrected chi connectivity index (χ0v) is 22.3. The van der Waals surface area contributed by atoms with Crippen LogP contribution in [0.25, 0.3) is 0 Å². The summed E-state index contributed by atoms with van der Waals surface area (Å²) in [6.45, 7) is 9.46. The van der Waals surface area contributed by atoms with Crippen LogP contribution >= 0.6 is 0 Å². The number of ether oxygens (including phenoxy) is 1. The molecular weight excluding hydrogens is 480 g/mol. The fourth-order valence-corrected chi connectivity index (χ4v) is 4.87. The number of aryl methyl sites for hydroxylation is 1. The van der Waals surface area contributed by atoms with Crippen LogP contribution in [-0.4, -0.2) is 75.7 Å². The molecule has 0 aromatic carbocycles. The molecule has 2 aliphatic rings. The van der Waals surface area contributed by atoms with Crippen LogP contribution in [0.2, 0.25) is 0 Å². The molecule has 3 rings (SSSR count). The quantitative estimate of drug-likeness (QED) is 0.532. The summed E-state index contributed by atoms with van der Waals surface area (Å²) in [5.41, 5.74) is 0.0834. The van der Waals surface area contributed by atoms with Gasteiger partial charge in [-0.1, -0.05) is 5.16 Å². The highest BCUT2D eigenvalue weighted by atomic mass is 16.6. The van der Waals surface area contributed by atoms with Crippen molar-refractivity contribution in [3.8, 4) is 0 Å². The molecule has 0 radical (unpaired) electrons. The molecule has 1 aromatic heterocycles. The molecule has 11 heteroatoms. The number of piperidine rings is 2. The normalized spacial score (nSPS) is 19.8. The minimum Gasteiger partial charge on any atom is -0.481 e. The van der Waals surface area contributed by atoms with Gasteiger partial charge < -0.3 is 29.5 Å². The summed E-state index contributed by atoms with van der Waals surface area (Å²) >= 11 is 0. The Hall–Kier alpha value is -3.11. The monoisotopic (exact) mass is 520 g/mol. The highest BCUT2D eigenvalue weighted by Crippen LogP contribution is 2.26. The van der Waals surface area contributed by atoms with Crippen molar-refractivity contribution in [2.75, 3.05) is 26.2 Å². The number of aromatic nitrogens is 1. The lowest BCUT2D eigenvalue weighted by atomic mass is 9.91. The Balaban J connectivity index is 1.45. The minimum atomic E-state index is -1.06. The van der Waals surface area contributed by atoms with Gasteiger partial charge in [0.2, 0.25) is 11.8 Å². The zero-order valence-electron chi connectivity index (χ0n) is 22.3. The Labute approximate surface area is 217 Å². The summed E-state index contributed by atoms with van der Waals surface area (Å²) in [4.78, 5) is 52.9. The molecule has 206 valence electrons. The van der Waals surface area contributed by atoms with E-state index in [0.717, 1.165) is 19.3 Å². The van der Waals surface area contributed by atoms with Gasteiger partial charge in [0, 0.05) is 38.7 Å². The van der Waals surface area contributed by atoms with Crippen LogP contribution in [0.15, 0.2) is 10.6 Å². The average molecular weight is 521 g/mol. The average Bonchev–Trinajstić information content (AvgIpc) is 3.27. The van der Waals surface area contributed by atoms with Crippen LogP contribution in [0.5, 0.6) is 0 Å². The molecule has 2 fully saturated rings. The smallest absolute Gasteiger partial charge is 0.410 e. The predicted molar refractivity (Wildman–Crippen MR) is 133 cm³/mol. The van der Waals surface area contributed by atoms with Crippen LogP contribution in [0, 0.1) is 18.8 Å². The lowest BCUT2D eigenvalue weighted by Gasteiger charge is -2.35. The molecule has 0 spiro atoms. The first kappa shape index (κ1) is 28.5. The summed E-state index contributed by atoms with van der Waals surface area (Å²) in [6, 6.07) is 0.798. The first-order valence-corrected chi connectivity index (χ1v) is 13.1. The van der Waals surface area contributed by atoms with Gasteiger partial charge in [0.25, 0.3) is 0 Å². The van der Waals surface area contributed by atoms with Crippen molar-refractivity contribution < 1.29 is 33.5 Å². The van der Waals surface area contributed by atoms with E-state index in [2.05, 4.69) is 10.5 Å². The van der Waals surface area contributed by atoms with Crippen LogP contribution in [0.3, 0.4) is 0 Å². The van der Waals surface area contributed by atoms with Gasteiger partial charge in [-0.2, -0.15) is 0 Å². The summed E-state index contributed by atoms with van der Waals surface area (Å²) in [6.07, 6.45) is 3.57. The molecule has 2 aliphatic heterocycles. The minimum absolute atomic E-state index is 0.0278. The predicted octanol–water partition coefficient (Wildman–Crippen LogP) is 3.28. The van der Waals surface area contributed by atoms with E-state index >= 15 is 0 Å². The van der Waals surface area contributed by atoms with Gasteiger partial charge >= 0.3 is 12.1 Å². The van der Waals surface area contributed by atoms with E-state index in [1.807, 2.05) is 20.8 Å². The maximum Gasteiger partial charge on any atom is 0.410 e. The van der Waals surface area contributed by atoms with Crippen molar-refractivity contribution in [1.29, 1.82) is 0 Å². The number of carboxylic acid groups (broad SMARTS) is 1. The SMILES string of the molecule is Cc1cc(C(CC(=O)O)NC(=O)[C@@H]2CCCN(C(=O)CCC3CCN(C(=O)OC(C)(C)C)CC3)C2)on1. The molecular formula is C26H40N4O7. The van der Waals surface area contributed by atoms with E-state index in [-0.39, 0.29) is 24.3 Å². The lowest BCUT2D eigenvalue weighted by Crippen LogP contribution is -2.46. The summed E-state index contributed by atoms with van der Waals surface area (Å²) in [5.74, 6) is -1.05. The number of nitrogens with one attached hydrogen (secondary N) is 1. The van der Waals surface area contributed by atoms with Gasteiger partial charge in [-0.05, 0) is 65.7 Å². The first-order chi connectivity index (χ1) is 17.4. The second kappa shape index (κ2) is 12.4. The summed E-state index contributed by atoms with van der Waals surface area (Å²) < 4.78 is 10.6. The molecule has 1 unspecified atom stereocenters. The first-order valence-electron chi connectivity index (χ1n) is 13.1. The Morgan fingerprint density at radius 3 is 2.46 bits per heavy atom. The number of amides is 3. The number of hydrogen-bond acceptors (Lipinski definition) is 7. The topological polar surface area (TPSA) is 142 Å². The molecule has 1 aromatic rings. The largest absolute Gasteiger partial charge is 0.481 e. The third kappa shape index (κ3) is 8.75. The maximum atomic E-state index is 13.0. The lowest BCUT2D eigenvalue weighted by molar-refractivity contribution is -0.138. The molecule has 3 amide bonds. The zero-order chi connectivity index (χ0) is 27.2. The van der Waals surface area contributed by atoms with E-state index in [1.165, 1.54) is 0 Å².